The summed E-state index contributed by atoms with van der Waals surface area (Å²) in [5.41, 5.74) is 0.229. The van der Waals surface area contributed by atoms with Crippen molar-refractivity contribution in [3.05, 3.63) is 35.6 Å². The number of ether oxygens (including phenoxy) is 1. The fourth-order valence-corrected chi connectivity index (χ4v) is 0.733. The number of esters is 1. The van der Waals surface area contributed by atoms with E-state index in [9.17, 15) is 9.18 Å². The lowest BCUT2D eigenvalue weighted by Crippen LogP contribution is -2.00. The Morgan fingerprint density at radius 2 is 2.00 bits per heavy atom. The SMILES string of the molecule is COC(=O)c1cccc(F)c1.O=S(Cl)Cl. The molecule has 1 rings (SSSR count). The minimum atomic E-state index is -1.67. The van der Waals surface area contributed by atoms with E-state index in [1.807, 2.05) is 0 Å². The van der Waals surface area contributed by atoms with Crippen molar-refractivity contribution < 1.29 is 18.1 Å². The van der Waals surface area contributed by atoms with Crippen LogP contribution in [0.2, 0.25) is 0 Å². The minimum Gasteiger partial charge on any atom is -0.465 e. The summed E-state index contributed by atoms with van der Waals surface area (Å²) >= 11 is 0. The van der Waals surface area contributed by atoms with E-state index in [1.54, 1.807) is 0 Å². The minimum absolute atomic E-state index is 0.229. The van der Waals surface area contributed by atoms with Gasteiger partial charge in [-0.3, -0.25) is 0 Å². The second-order valence-corrected chi connectivity index (χ2v) is 4.71. The summed E-state index contributed by atoms with van der Waals surface area (Å²) in [4.78, 5) is 10.8. The number of hydrogen-bond acceptors (Lipinski definition) is 3. The molecule has 0 aliphatic carbocycles. The van der Waals surface area contributed by atoms with Crippen molar-refractivity contribution in [2.45, 2.75) is 0 Å². The Bertz CT molecular complexity index is 355. The van der Waals surface area contributed by atoms with Crippen LogP contribution in [0.5, 0.6) is 0 Å². The second-order valence-electron chi connectivity index (χ2n) is 2.19. The zero-order valence-corrected chi connectivity index (χ0v) is 9.90. The number of halogens is 3. The molecule has 0 amide bonds. The van der Waals surface area contributed by atoms with Gasteiger partial charge in [-0.2, -0.15) is 0 Å². The maximum absolute atomic E-state index is 12.5. The first-order valence-corrected chi connectivity index (χ1v) is 6.35. The molecule has 0 atom stereocenters. The third kappa shape index (κ3) is 7.30. The lowest BCUT2D eigenvalue weighted by atomic mass is 10.2. The highest BCUT2D eigenvalue weighted by molar-refractivity contribution is 8.26. The van der Waals surface area contributed by atoms with E-state index >= 15 is 0 Å². The highest BCUT2D eigenvalue weighted by atomic mass is 36.0. The third-order valence-electron chi connectivity index (χ3n) is 1.25. The molecule has 0 spiro atoms. The van der Waals surface area contributed by atoms with Gasteiger partial charge in [0.2, 0.25) is 9.23 Å². The molecule has 0 heterocycles. The summed E-state index contributed by atoms with van der Waals surface area (Å²) in [7, 11) is 8.62. The summed E-state index contributed by atoms with van der Waals surface area (Å²) < 4.78 is 25.9. The Morgan fingerprint density at radius 3 is 2.40 bits per heavy atom. The Balaban J connectivity index is 0.000000423. The number of hydrogen-bond donors (Lipinski definition) is 0. The van der Waals surface area contributed by atoms with Gasteiger partial charge in [-0.25, -0.2) is 13.4 Å². The zero-order valence-electron chi connectivity index (χ0n) is 7.58. The molecule has 0 aliphatic heterocycles. The van der Waals surface area contributed by atoms with Gasteiger partial charge < -0.3 is 4.74 Å². The van der Waals surface area contributed by atoms with Crippen LogP contribution in [-0.4, -0.2) is 17.3 Å². The van der Waals surface area contributed by atoms with E-state index in [0.717, 1.165) is 6.07 Å². The van der Waals surface area contributed by atoms with E-state index < -0.39 is 21.0 Å². The molecule has 15 heavy (non-hydrogen) atoms. The van der Waals surface area contributed by atoms with Gasteiger partial charge in [0.1, 0.15) is 5.82 Å². The summed E-state index contributed by atoms with van der Waals surface area (Å²) in [5.74, 6) is -0.961. The number of methoxy groups -OCH3 is 1. The van der Waals surface area contributed by atoms with Crippen LogP contribution in [0, 0.1) is 5.82 Å². The van der Waals surface area contributed by atoms with Crippen molar-refractivity contribution in [2.75, 3.05) is 7.11 Å². The first-order chi connectivity index (χ1) is 6.97. The number of carbonyl (C=O) groups excluding carboxylic acids is 1. The average Bonchev–Trinajstić information content (AvgIpc) is 2.16. The van der Waals surface area contributed by atoms with Crippen LogP contribution in [-0.2, 0) is 14.0 Å². The monoisotopic (exact) mass is 272 g/mol. The molecule has 3 nitrogen and oxygen atoms in total. The lowest BCUT2D eigenvalue weighted by molar-refractivity contribution is 0.0600. The molecule has 0 aromatic heterocycles. The third-order valence-corrected chi connectivity index (χ3v) is 1.25. The van der Waals surface area contributed by atoms with Gasteiger partial charge >= 0.3 is 5.97 Å². The van der Waals surface area contributed by atoms with Crippen molar-refractivity contribution in [2.24, 2.45) is 0 Å². The number of benzene rings is 1. The van der Waals surface area contributed by atoms with Crippen LogP contribution < -0.4 is 0 Å². The predicted molar refractivity (Wildman–Crippen MR) is 57.6 cm³/mol. The topological polar surface area (TPSA) is 43.4 Å². The van der Waals surface area contributed by atoms with Gasteiger partial charge in [0.05, 0.1) is 12.7 Å². The fraction of sp³-hybridized carbons (Fsp3) is 0.125. The summed E-state index contributed by atoms with van der Waals surface area (Å²) in [5, 5.41) is 0. The van der Waals surface area contributed by atoms with Crippen LogP contribution in [0.1, 0.15) is 10.4 Å². The highest BCUT2D eigenvalue weighted by Crippen LogP contribution is 2.03. The Hall–Kier alpha value is -0.650. The van der Waals surface area contributed by atoms with E-state index in [0.29, 0.717) is 0 Å². The molecule has 84 valence electrons. The van der Waals surface area contributed by atoms with Crippen molar-refractivity contribution in [1.29, 1.82) is 0 Å². The zero-order chi connectivity index (χ0) is 11.8. The Kier molecular flexibility index (Phi) is 7.29. The molecule has 0 aliphatic rings. The number of rotatable bonds is 1. The van der Waals surface area contributed by atoms with E-state index in [1.165, 1.54) is 25.3 Å². The van der Waals surface area contributed by atoms with Crippen molar-refractivity contribution >= 4 is 36.6 Å². The van der Waals surface area contributed by atoms with Crippen molar-refractivity contribution in [3.8, 4) is 0 Å². The van der Waals surface area contributed by atoms with Gasteiger partial charge in [0.25, 0.3) is 0 Å². The van der Waals surface area contributed by atoms with Crippen LogP contribution in [0.25, 0.3) is 0 Å². The fourth-order valence-electron chi connectivity index (χ4n) is 0.733. The number of carbonyl (C=O) groups is 1. The molecule has 0 N–H and O–H groups in total. The Labute approximate surface area is 97.6 Å². The maximum Gasteiger partial charge on any atom is 0.337 e. The predicted octanol–water partition coefficient (Wildman–Crippen LogP) is 2.66. The van der Waals surface area contributed by atoms with Crippen LogP contribution in [0.4, 0.5) is 4.39 Å². The largest absolute Gasteiger partial charge is 0.465 e. The molecule has 0 saturated heterocycles. The highest BCUT2D eigenvalue weighted by Gasteiger charge is 2.04. The van der Waals surface area contributed by atoms with Gasteiger partial charge in [-0.15, -0.1) is 0 Å². The standard InChI is InChI=1S/C8H7FO2.Cl2OS/c1-11-8(10)6-3-2-4-7(9)5-6;1-4(2)3/h2-5H,1H3;. The smallest absolute Gasteiger partial charge is 0.337 e. The van der Waals surface area contributed by atoms with Gasteiger partial charge in [0, 0.05) is 21.4 Å². The maximum atomic E-state index is 12.5. The quantitative estimate of drug-likeness (QED) is 0.583. The van der Waals surface area contributed by atoms with Crippen molar-refractivity contribution in [1.82, 2.24) is 0 Å². The summed E-state index contributed by atoms with van der Waals surface area (Å²) in [6.07, 6.45) is 0. The first kappa shape index (κ1) is 14.3. The van der Waals surface area contributed by atoms with Crippen LogP contribution in [0.15, 0.2) is 24.3 Å². The molecule has 0 unspecified atom stereocenters. The first-order valence-electron chi connectivity index (χ1n) is 3.55. The molecule has 1 aromatic carbocycles. The van der Waals surface area contributed by atoms with Gasteiger partial charge in [-0.05, 0) is 18.2 Å². The summed E-state index contributed by atoms with van der Waals surface area (Å²) in [6, 6.07) is 5.36. The van der Waals surface area contributed by atoms with E-state index in [2.05, 4.69) is 26.1 Å². The molecule has 0 bridgehead atoms. The molecule has 0 saturated carbocycles. The van der Waals surface area contributed by atoms with Gasteiger partial charge in [0.15, 0.2) is 0 Å². The normalized spacial score (nSPS) is 9.13. The summed E-state index contributed by atoms with van der Waals surface area (Å²) in [6.45, 7) is 0. The molecular weight excluding hydrogens is 266 g/mol. The van der Waals surface area contributed by atoms with Crippen LogP contribution in [0.3, 0.4) is 0 Å². The second kappa shape index (κ2) is 7.62. The molecule has 1 aromatic rings. The van der Waals surface area contributed by atoms with E-state index in [4.69, 9.17) is 4.21 Å². The molecule has 0 fully saturated rings. The lowest BCUT2D eigenvalue weighted by Gasteiger charge is -1.96. The van der Waals surface area contributed by atoms with Gasteiger partial charge in [-0.1, -0.05) is 6.07 Å². The molecular formula is C8H7Cl2FO3S. The molecule has 0 radical (unpaired) electrons. The van der Waals surface area contributed by atoms with E-state index in [-0.39, 0.29) is 5.56 Å². The van der Waals surface area contributed by atoms with Crippen LogP contribution >= 0.6 is 21.4 Å². The average molecular weight is 273 g/mol. The Morgan fingerprint density at radius 1 is 1.47 bits per heavy atom. The molecule has 7 heteroatoms. The van der Waals surface area contributed by atoms with Crippen molar-refractivity contribution in [3.63, 3.8) is 0 Å².